The zero-order valence-electron chi connectivity index (χ0n) is 13.2. The third kappa shape index (κ3) is 2.72. The average Bonchev–Trinajstić information content (AvgIpc) is 2.74. The number of Topliss-reactive ketones (excluding diaryl/α,β-unsaturated/α-hetero) is 1. The number of anilines is 1. The van der Waals surface area contributed by atoms with Gasteiger partial charge < -0.3 is 4.74 Å². The number of hydrogen-bond donors (Lipinski definition) is 0. The van der Waals surface area contributed by atoms with Gasteiger partial charge in [0.2, 0.25) is 0 Å². The van der Waals surface area contributed by atoms with Crippen molar-refractivity contribution in [3.63, 3.8) is 0 Å². The molecule has 1 aliphatic heterocycles. The van der Waals surface area contributed by atoms with Crippen LogP contribution < -0.4 is 4.31 Å². The van der Waals surface area contributed by atoms with Crippen LogP contribution in [0.25, 0.3) is 10.8 Å². The highest BCUT2D eigenvalue weighted by Gasteiger charge is 2.34. The Kier molecular flexibility index (Phi) is 4.12. The van der Waals surface area contributed by atoms with Crippen molar-refractivity contribution in [1.29, 1.82) is 0 Å². The van der Waals surface area contributed by atoms with Gasteiger partial charge in [-0.05, 0) is 37.8 Å². The molecule has 1 heterocycles. The SMILES string of the molecule is CC(=O)C(C)OCCCN1c2cccc3cccc(c23)S1(=O)=O. The lowest BCUT2D eigenvalue weighted by molar-refractivity contribution is -0.127. The first kappa shape index (κ1) is 16.0. The average molecular weight is 333 g/mol. The second-order valence-corrected chi connectivity index (χ2v) is 7.52. The Balaban J connectivity index is 1.80. The van der Waals surface area contributed by atoms with E-state index in [1.165, 1.54) is 11.2 Å². The van der Waals surface area contributed by atoms with Crippen molar-refractivity contribution in [3.05, 3.63) is 36.4 Å². The summed E-state index contributed by atoms with van der Waals surface area (Å²) in [5.74, 6) is -0.0315. The fraction of sp³-hybridized carbons (Fsp3) is 0.353. The highest BCUT2D eigenvalue weighted by molar-refractivity contribution is 7.93. The lowest BCUT2D eigenvalue weighted by Crippen LogP contribution is -2.29. The van der Waals surface area contributed by atoms with Crippen molar-refractivity contribution in [3.8, 4) is 0 Å². The molecule has 1 atom stereocenters. The Hall–Kier alpha value is -1.92. The van der Waals surface area contributed by atoms with Crippen LogP contribution in [-0.2, 0) is 19.6 Å². The minimum Gasteiger partial charge on any atom is -0.371 e. The molecular weight excluding hydrogens is 314 g/mol. The maximum Gasteiger partial charge on any atom is 0.265 e. The molecule has 3 rings (SSSR count). The number of carbonyl (C=O) groups is 1. The maximum atomic E-state index is 12.7. The quantitative estimate of drug-likeness (QED) is 0.763. The zero-order chi connectivity index (χ0) is 16.6. The Morgan fingerprint density at radius 1 is 1.22 bits per heavy atom. The lowest BCUT2D eigenvalue weighted by Gasteiger charge is -2.19. The van der Waals surface area contributed by atoms with Crippen molar-refractivity contribution in [1.82, 2.24) is 0 Å². The Bertz CT molecular complexity index is 855. The van der Waals surface area contributed by atoms with Crippen LogP contribution >= 0.6 is 0 Å². The summed E-state index contributed by atoms with van der Waals surface area (Å²) in [6.07, 6.45) is 0.0760. The molecule has 122 valence electrons. The first-order chi connectivity index (χ1) is 10.9. The molecule has 0 radical (unpaired) electrons. The van der Waals surface area contributed by atoms with Gasteiger partial charge in [-0.1, -0.05) is 24.3 Å². The summed E-state index contributed by atoms with van der Waals surface area (Å²) < 4.78 is 32.3. The van der Waals surface area contributed by atoms with Gasteiger partial charge >= 0.3 is 0 Å². The van der Waals surface area contributed by atoms with Crippen LogP contribution in [0.15, 0.2) is 41.3 Å². The molecule has 2 aromatic carbocycles. The van der Waals surface area contributed by atoms with Gasteiger partial charge in [0, 0.05) is 18.5 Å². The number of carbonyl (C=O) groups excluding carboxylic acids is 1. The summed E-state index contributed by atoms with van der Waals surface area (Å²) in [6, 6.07) is 10.9. The molecule has 0 saturated heterocycles. The smallest absolute Gasteiger partial charge is 0.265 e. The van der Waals surface area contributed by atoms with Crippen LogP contribution in [0.4, 0.5) is 5.69 Å². The number of hydrogen-bond acceptors (Lipinski definition) is 4. The largest absolute Gasteiger partial charge is 0.371 e. The normalized spacial score (nSPS) is 16.7. The van der Waals surface area contributed by atoms with Gasteiger partial charge in [0.25, 0.3) is 10.0 Å². The zero-order valence-corrected chi connectivity index (χ0v) is 14.0. The summed E-state index contributed by atoms with van der Waals surface area (Å²) in [7, 11) is -3.50. The number of ketones is 1. The van der Waals surface area contributed by atoms with Crippen molar-refractivity contribution >= 4 is 32.3 Å². The maximum absolute atomic E-state index is 12.7. The highest BCUT2D eigenvalue weighted by atomic mass is 32.2. The van der Waals surface area contributed by atoms with Gasteiger partial charge in [-0.2, -0.15) is 0 Å². The molecule has 0 saturated carbocycles. The number of sulfonamides is 1. The first-order valence-electron chi connectivity index (χ1n) is 7.59. The number of benzene rings is 2. The Morgan fingerprint density at radius 2 is 1.91 bits per heavy atom. The van der Waals surface area contributed by atoms with E-state index in [9.17, 15) is 13.2 Å². The molecule has 0 fully saturated rings. The first-order valence-corrected chi connectivity index (χ1v) is 9.03. The van der Waals surface area contributed by atoms with Crippen LogP contribution in [0.2, 0.25) is 0 Å². The third-order valence-electron chi connectivity index (χ3n) is 4.13. The molecule has 0 aromatic heterocycles. The molecular formula is C17H19NO4S. The van der Waals surface area contributed by atoms with Crippen molar-refractivity contribution in [2.24, 2.45) is 0 Å². The van der Waals surface area contributed by atoms with Crippen molar-refractivity contribution < 1.29 is 17.9 Å². The number of ether oxygens (including phenoxy) is 1. The highest BCUT2D eigenvalue weighted by Crippen LogP contribution is 2.41. The summed E-state index contributed by atoms with van der Waals surface area (Å²) in [4.78, 5) is 11.5. The molecule has 2 aromatic rings. The Morgan fingerprint density at radius 3 is 2.61 bits per heavy atom. The predicted octanol–water partition coefficient (Wildman–Crippen LogP) is 2.73. The molecule has 0 spiro atoms. The second kappa shape index (κ2) is 5.94. The molecule has 0 bridgehead atoms. The van der Waals surface area contributed by atoms with Crippen molar-refractivity contribution in [2.45, 2.75) is 31.3 Å². The molecule has 5 nitrogen and oxygen atoms in total. The summed E-state index contributed by atoms with van der Waals surface area (Å²) in [6.45, 7) is 3.86. The van der Waals surface area contributed by atoms with Gasteiger partial charge in [-0.15, -0.1) is 0 Å². The standard InChI is InChI=1S/C17H19NO4S/c1-12(19)13(2)22-11-5-10-18-15-8-3-6-14-7-4-9-16(17(14)15)23(18,20)21/h3-4,6-9,13H,5,10-11H2,1-2H3. The fourth-order valence-electron chi connectivity index (χ4n) is 2.78. The topological polar surface area (TPSA) is 63.7 Å². The minimum absolute atomic E-state index is 0.0315. The third-order valence-corrected chi connectivity index (χ3v) is 5.98. The van der Waals surface area contributed by atoms with E-state index in [1.54, 1.807) is 19.1 Å². The van der Waals surface area contributed by atoms with E-state index in [0.717, 1.165) is 16.5 Å². The monoisotopic (exact) mass is 333 g/mol. The van der Waals surface area contributed by atoms with Crippen LogP contribution in [0.3, 0.4) is 0 Å². The van der Waals surface area contributed by atoms with E-state index in [1.807, 2.05) is 24.3 Å². The number of nitrogens with zero attached hydrogens (tertiary/aromatic N) is 1. The molecule has 1 aliphatic rings. The summed E-state index contributed by atoms with van der Waals surface area (Å²) in [5, 5.41) is 1.71. The van der Waals surface area contributed by atoms with Crippen LogP contribution in [-0.4, -0.2) is 33.5 Å². The van der Waals surface area contributed by atoms with Crippen LogP contribution in [0.1, 0.15) is 20.3 Å². The van der Waals surface area contributed by atoms with E-state index in [2.05, 4.69) is 0 Å². The molecule has 6 heteroatoms. The molecule has 0 aliphatic carbocycles. The predicted molar refractivity (Wildman–Crippen MR) is 89.2 cm³/mol. The fourth-order valence-corrected chi connectivity index (χ4v) is 4.53. The van der Waals surface area contributed by atoms with Crippen LogP contribution in [0.5, 0.6) is 0 Å². The molecule has 23 heavy (non-hydrogen) atoms. The van der Waals surface area contributed by atoms with E-state index < -0.39 is 16.1 Å². The number of rotatable bonds is 6. The minimum atomic E-state index is -3.50. The molecule has 1 unspecified atom stereocenters. The van der Waals surface area contributed by atoms with Gasteiger partial charge in [0.1, 0.15) is 6.10 Å². The van der Waals surface area contributed by atoms with Crippen molar-refractivity contribution in [2.75, 3.05) is 17.5 Å². The van der Waals surface area contributed by atoms with Gasteiger partial charge in [0.05, 0.1) is 10.6 Å². The van der Waals surface area contributed by atoms with Gasteiger partial charge in [-0.25, -0.2) is 8.42 Å². The van der Waals surface area contributed by atoms with E-state index in [4.69, 9.17) is 4.74 Å². The van der Waals surface area contributed by atoms with Gasteiger partial charge in [-0.3, -0.25) is 9.10 Å². The summed E-state index contributed by atoms with van der Waals surface area (Å²) in [5.41, 5.74) is 0.720. The van der Waals surface area contributed by atoms with E-state index in [0.29, 0.717) is 24.5 Å². The lowest BCUT2D eigenvalue weighted by atomic mass is 10.1. The molecule has 0 amide bonds. The van der Waals surface area contributed by atoms with E-state index >= 15 is 0 Å². The van der Waals surface area contributed by atoms with Crippen LogP contribution in [0, 0.1) is 0 Å². The molecule has 0 N–H and O–H groups in total. The van der Waals surface area contributed by atoms with Gasteiger partial charge in [0.15, 0.2) is 5.78 Å². The Labute approximate surface area is 135 Å². The second-order valence-electron chi connectivity index (χ2n) is 5.69. The summed E-state index contributed by atoms with van der Waals surface area (Å²) >= 11 is 0. The van der Waals surface area contributed by atoms with E-state index in [-0.39, 0.29) is 5.78 Å².